The number of hydrogen-bond acceptors (Lipinski definition) is 3. The molecule has 128 valence electrons. The van der Waals surface area contributed by atoms with Gasteiger partial charge in [-0.3, -0.25) is 4.79 Å². The van der Waals surface area contributed by atoms with Gasteiger partial charge in [0.2, 0.25) is 0 Å². The molecule has 1 aromatic carbocycles. The normalized spacial score (nSPS) is 14.7. The van der Waals surface area contributed by atoms with E-state index in [1.165, 1.54) is 0 Å². The first-order valence-corrected chi connectivity index (χ1v) is 8.88. The number of carbonyl (C=O) groups excluding carboxylic acids is 1. The molecule has 0 bridgehead atoms. The molecule has 0 saturated carbocycles. The summed E-state index contributed by atoms with van der Waals surface area (Å²) in [4.78, 5) is 14.9. The highest BCUT2D eigenvalue weighted by atomic mass is 79.9. The molecule has 1 saturated heterocycles. The molecule has 2 aromatic heterocycles. The van der Waals surface area contributed by atoms with Crippen molar-refractivity contribution in [1.29, 1.82) is 0 Å². The molecule has 0 spiro atoms. The van der Waals surface area contributed by atoms with E-state index in [9.17, 15) is 4.79 Å². The molecule has 0 aliphatic carbocycles. The number of rotatable bonds is 3. The fraction of sp³-hybridized carbons (Fsp3) is 0.222. The summed E-state index contributed by atoms with van der Waals surface area (Å²) in [6, 6.07) is 11.7. The lowest BCUT2D eigenvalue weighted by Crippen LogP contribution is -2.40. The molecule has 6 nitrogen and oxygen atoms in total. The summed E-state index contributed by atoms with van der Waals surface area (Å²) < 4.78 is 9.97. The van der Waals surface area contributed by atoms with Crippen molar-refractivity contribution in [3.63, 3.8) is 0 Å². The van der Waals surface area contributed by atoms with Crippen LogP contribution in [0, 0.1) is 0 Å². The van der Waals surface area contributed by atoms with Gasteiger partial charge in [-0.15, -0.1) is 0 Å². The lowest BCUT2D eigenvalue weighted by Gasteiger charge is -2.26. The maximum absolute atomic E-state index is 13.0. The quantitative estimate of drug-likeness (QED) is 0.678. The van der Waals surface area contributed by atoms with Crippen molar-refractivity contribution in [2.24, 2.45) is 0 Å². The van der Waals surface area contributed by atoms with E-state index >= 15 is 0 Å². The zero-order chi connectivity index (χ0) is 17.2. The van der Waals surface area contributed by atoms with Crippen LogP contribution < -0.4 is 0 Å². The fourth-order valence-corrected chi connectivity index (χ4v) is 3.41. The summed E-state index contributed by atoms with van der Waals surface area (Å²) in [6.45, 7) is 2.35. The number of amides is 1. The predicted molar refractivity (Wildman–Crippen MR) is 97.3 cm³/mol. The number of halogens is 1. The van der Waals surface area contributed by atoms with Crippen molar-refractivity contribution in [3.8, 4) is 11.5 Å². The molecule has 1 aliphatic rings. The molecule has 1 fully saturated rings. The number of para-hydroxylation sites is 1. The first-order chi connectivity index (χ1) is 12.3. The van der Waals surface area contributed by atoms with Crippen molar-refractivity contribution in [2.75, 3.05) is 26.3 Å². The number of ether oxygens (including phenoxy) is 1. The van der Waals surface area contributed by atoms with Crippen LogP contribution in [0.4, 0.5) is 0 Å². The van der Waals surface area contributed by atoms with Crippen LogP contribution in [0.5, 0.6) is 0 Å². The number of carbonyl (C=O) groups is 1. The van der Waals surface area contributed by atoms with Crippen molar-refractivity contribution in [2.45, 2.75) is 0 Å². The van der Waals surface area contributed by atoms with Gasteiger partial charge in [0, 0.05) is 30.0 Å². The number of nitrogens with zero attached hydrogens (tertiary/aromatic N) is 4. The first kappa shape index (κ1) is 16.1. The summed E-state index contributed by atoms with van der Waals surface area (Å²) in [5.41, 5.74) is 1.46. The molecule has 4 rings (SSSR count). The molecule has 0 N–H and O–H groups in total. The minimum atomic E-state index is -0.0229. The molecule has 0 atom stereocenters. The Hall–Kier alpha value is -2.38. The molecule has 0 unspecified atom stereocenters. The van der Waals surface area contributed by atoms with E-state index < -0.39 is 0 Å². The SMILES string of the molecule is O=C(c1cnn(-c2ccccc2Br)c1-n1cccc1)N1CCOCC1. The van der Waals surface area contributed by atoms with Gasteiger partial charge in [-0.1, -0.05) is 12.1 Å². The molecule has 1 amide bonds. The number of benzene rings is 1. The lowest BCUT2D eigenvalue weighted by molar-refractivity contribution is 0.0303. The predicted octanol–water partition coefficient (Wildman–Crippen LogP) is 2.90. The second-order valence-corrected chi connectivity index (χ2v) is 6.59. The van der Waals surface area contributed by atoms with Crippen molar-refractivity contribution in [3.05, 3.63) is 65.0 Å². The molecule has 25 heavy (non-hydrogen) atoms. The molecule has 7 heteroatoms. The van der Waals surface area contributed by atoms with E-state index in [0.717, 1.165) is 16.0 Å². The average molecular weight is 401 g/mol. The van der Waals surface area contributed by atoms with Crippen LogP contribution in [-0.2, 0) is 4.74 Å². The summed E-state index contributed by atoms with van der Waals surface area (Å²) in [5, 5.41) is 4.51. The summed E-state index contributed by atoms with van der Waals surface area (Å²) in [5.74, 6) is 0.707. The van der Waals surface area contributed by atoms with Crippen LogP contribution in [0.15, 0.2) is 59.5 Å². The van der Waals surface area contributed by atoms with Gasteiger partial charge < -0.3 is 14.2 Å². The Labute approximate surface area is 153 Å². The van der Waals surface area contributed by atoms with Gasteiger partial charge in [0.25, 0.3) is 5.91 Å². The second-order valence-electron chi connectivity index (χ2n) is 5.74. The zero-order valence-corrected chi connectivity index (χ0v) is 15.1. The maximum atomic E-state index is 13.0. The fourth-order valence-electron chi connectivity index (χ4n) is 2.95. The first-order valence-electron chi connectivity index (χ1n) is 8.09. The summed E-state index contributed by atoms with van der Waals surface area (Å²) in [6.07, 6.45) is 5.48. The Balaban J connectivity index is 1.83. The maximum Gasteiger partial charge on any atom is 0.259 e. The number of aromatic nitrogens is 3. The molecular weight excluding hydrogens is 384 g/mol. The van der Waals surface area contributed by atoms with E-state index in [2.05, 4.69) is 21.0 Å². The minimum absolute atomic E-state index is 0.0229. The molecular formula is C18H17BrN4O2. The van der Waals surface area contributed by atoms with Gasteiger partial charge in [-0.2, -0.15) is 5.10 Å². The van der Waals surface area contributed by atoms with Crippen molar-refractivity contribution < 1.29 is 9.53 Å². The summed E-state index contributed by atoms with van der Waals surface area (Å²) >= 11 is 3.57. The van der Waals surface area contributed by atoms with Crippen LogP contribution in [0.25, 0.3) is 11.5 Å². The number of morpholine rings is 1. The zero-order valence-electron chi connectivity index (χ0n) is 13.5. The van der Waals surface area contributed by atoms with Gasteiger partial charge in [0.1, 0.15) is 5.56 Å². The van der Waals surface area contributed by atoms with E-state index in [4.69, 9.17) is 4.74 Å². The molecule has 3 aromatic rings. The number of hydrogen-bond donors (Lipinski definition) is 0. The van der Waals surface area contributed by atoms with Gasteiger partial charge in [-0.05, 0) is 40.2 Å². The third kappa shape index (κ3) is 3.01. The third-order valence-electron chi connectivity index (χ3n) is 4.20. The standard InChI is InChI=1S/C18H17BrN4O2/c19-15-5-1-2-6-16(15)23-17(21-7-3-4-8-21)14(13-20-23)18(24)22-9-11-25-12-10-22/h1-8,13H,9-12H2. The minimum Gasteiger partial charge on any atom is -0.378 e. The van der Waals surface area contributed by atoms with Crippen LogP contribution in [-0.4, -0.2) is 51.5 Å². The highest BCUT2D eigenvalue weighted by Gasteiger charge is 2.26. The lowest BCUT2D eigenvalue weighted by atomic mass is 10.2. The van der Waals surface area contributed by atoms with Crippen LogP contribution >= 0.6 is 15.9 Å². The van der Waals surface area contributed by atoms with Crippen LogP contribution in [0.1, 0.15) is 10.4 Å². The van der Waals surface area contributed by atoms with Crippen molar-refractivity contribution in [1.82, 2.24) is 19.2 Å². The monoisotopic (exact) mass is 400 g/mol. The van der Waals surface area contributed by atoms with E-state index in [1.54, 1.807) is 10.9 Å². The third-order valence-corrected chi connectivity index (χ3v) is 4.87. The Morgan fingerprint density at radius 1 is 1.08 bits per heavy atom. The van der Waals surface area contributed by atoms with E-state index in [1.807, 2.05) is 58.3 Å². The largest absolute Gasteiger partial charge is 0.378 e. The van der Waals surface area contributed by atoms with Crippen LogP contribution in [0.3, 0.4) is 0 Å². The van der Waals surface area contributed by atoms with Crippen LogP contribution in [0.2, 0.25) is 0 Å². The smallest absolute Gasteiger partial charge is 0.259 e. The molecule has 0 radical (unpaired) electrons. The van der Waals surface area contributed by atoms with Gasteiger partial charge in [0.05, 0.1) is 25.1 Å². The van der Waals surface area contributed by atoms with Gasteiger partial charge in [-0.25, -0.2) is 4.68 Å². The van der Waals surface area contributed by atoms with Gasteiger partial charge in [0.15, 0.2) is 5.82 Å². The molecule has 3 heterocycles. The van der Waals surface area contributed by atoms with E-state index in [0.29, 0.717) is 31.9 Å². The average Bonchev–Trinajstić information content (AvgIpc) is 3.31. The topological polar surface area (TPSA) is 52.3 Å². The molecule has 1 aliphatic heterocycles. The second kappa shape index (κ2) is 6.85. The van der Waals surface area contributed by atoms with Crippen molar-refractivity contribution >= 4 is 21.8 Å². The Morgan fingerprint density at radius 2 is 1.80 bits per heavy atom. The summed E-state index contributed by atoms with van der Waals surface area (Å²) in [7, 11) is 0. The van der Waals surface area contributed by atoms with Gasteiger partial charge >= 0.3 is 0 Å². The Kier molecular flexibility index (Phi) is 4.42. The highest BCUT2D eigenvalue weighted by molar-refractivity contribution is 9.10. The Morgan fingerprint density at radius 3 is 2.52 bits per heavy atom. The van der Waals surface area contributed by atoms with E-state index in [-0.39, 0.29) is 5.91 Å². The highest BCUT2D eigenvalue weighted by Crippen LogP contribution is 2.26. The Bertz CT molecular complexity index is 882.